The molecule has 0 bridgehead atoms. The second kappa shape index (κ2) is 14.2. The number of unbranched alkanes of at least 4 members (excludes halogenated alkanes) is 5. The average Bonchev–Trinajstić information content (AvgIpc) is 2.63. The number of rotatable bonds is 15. The van der Waals surface area contributed by atoms with Gasteiger partial charge in [-0.2, -0.15) is 0 Å². The molecule has 0 radical (unpaired) electrons. The predicted molar refractivity (Wildman–Crippen MR) is 115 cm³/mol. The van der Waals surface area contributed by atoms with E-state index in [9.17, 15) is 0 Å². The first-order valence-electron chi connectivity index (χ1n) is 11.4. The summed E-state index contributed by atoms with van der Waals surface area (Å²) in [4.78, 5) is 0. The Balaban J connectivity index is 2.95. The van der Waals surface area contributed by atoms with Gasteiger partial charge in [0.05, 0.1) is 0 Å². The van der Waals surface area contributed by atoms with Crippen molar-refractivity contribution in [2.24, 2.45) is 5.73 Å². The molecule has 0 aliphatic rings. The van der Waals surface area contributed by atoms with Crippen LogP contribution in [0.15, 0.2) is 12.4 Å². The van der Waals surface area contributed by atoms with E-state index in [4.69, 9.17) is 5.73 Å². The Kier molecular flexibility index (Phi) is 12.6. The summed E-state index contributed by atoms with van der Waals surface area (Å²) in [7, 11) is 0. The quantitative estimate of drug-likeness (QED) is 0.305. The highest BCUT2D eigenvalue weighted by molar-refractivity contribution is 5.30. The van der Waals surface area contributed by atoms with Gasteiger partial charge in [0.25, 0.3) is 0 Å². The van der Waals surface area contributed by atoms with Crippen LogP contribution in [0.4, 0.5) is 0 Å². The number of nitrogens with zero attached hydrogens (tertiary/aromatic N) is 1. The summed E-state index contributed by atoms with van der Waals surface area (Å²) in [6.45, 7) is 10.2. The molecule has 0 unspecified atom stereocenters. The van der Waals surface area contributed by atoms with Crippen molar-refractivity contribution >= 4 is 0 Å². The minimum atomic E-state index is 0.334. The Bertz CT molecular complexity index is 450. The average molecular weight is 362 g/mol. The van der Waals surface area contributed by atoms with E-state index in [2.05, 4.69) is 44.7 Å². The van der Waals surface area contributed by atoms with Gasteiger partial charge in [-0.15, -0.1) is 0 Å². The molecule has 0 saturated heterocycles. The number of pyridine rings is 1. The Morgan fingerprint density at radius 1 is 0.769 bits per heavy atom. The molecular formula is C24H45N2+. The molecule has 1 rings (SSSR count). The molecule has 1 heterocycles. The standard InChI is InChI=1S/C24H45N2/c1-5-8-11-17-24-22(15-9-6-2)19-26(18-13-12-14-21(4)25)20-23(24)16-10-7-3/h19-21H,5-18,25H2,1-4H3/q+1/t21-/m1/s1. The fourth-order valence-electron chi connectivity index (χ4n) is 3.73. The minimum Gasteiger partial charge on any atom is -0.328 e. The first-order valence-corrected chi connectivity index (χ1v) is 11.4. The summed E-state index contributed by atoms with van der Waals surface area (Å²) in [6, 6.07) is 0.334. The van der Waals surface area contributed by atoms with E-state index in [1.807, 2.05) is 0 Å². The van der Waals surface area contributed by atoms with Gasteiger partial charge in [-0.3, -0.25) is 0 Å². The number of hydrogen-bond acceptors (Lipinski definition) is 1. The fourth-order valence-corrected chi connectivity index (χ4v) is 3.73. The maximum absolute atomic E-state index is 5.90. The van der Waals surface area contributed by atoms with E-state index in [1.54, 1.807) is 16.7 Å². The highest BCUT2D eigenvalue weighted by atomic mass is 14.9. The first-order chi connectivity index (χ1) is 12.6. The lowest BCUT2D eigenvalue weighted by Crippen LogP contribution is -2.35. The Morgan fingerprint density at radius 3 is 1.85 bits per heavy atom. The normalized spacial score (nSPS) is 12.5. The van der Waals surface area contributed by atoms with E-state index in [0.717, 1.165) is 13.0 Å². The lowest BCUT2D eigenvalue weighted by molar-refractivity contribution is -0.698. The van der Waals surface area contributed by atoms with Gasteiger partial charge in [-0.1, -0.05) is 46.5 Å². The van der Waals surface area contributed by atoms with Crippen LogP contribution in [0.3, 0.4) is 0 Å². The van der Waals surface area contributed by atoms with E-state index < -0.39 is 0 Å². The SMILES string of the molecule is CCCCCc1c(CCCC)c[n+](CCCC[C@@H](C)N)cc1CCCC. The summed E-state index contributed by atoms with van der Waals surface area (Å²) in [5, 5.41) is 0. The van der Waals surface area contributed by atoms with Crippen LogP contribution in [-0.4, -0.2) is 6.04 Å². The van der Waals surface area contributed by atoms with Crippen LogP contribution >= 0.6 is 0 Å². The molecule has 0 aliphatic carbocycles. The van der Waals surface area contributed by atoms with Gasteiger partial charge < -0.3 is 5.73 Å². The number of hydrogen-bond donors (Lipinski definition) is 1. The molecule has 0 amide bonds. The van der Waals surface area contributed by atoms with Crippen LogP contribution in [0.1, 0.15) is 109 Å². The molecule has 2 N–H and O–H groups in total. The van der Waals surface area contributed by atoms with Crippen molar-refractivity contribution in [2.45, 2.75) is 124 Å². The second-order valence-electron chi connectivity index (χ2n) is 8.16. The molecule has 0 aliphatic heterocycles. The van der Waals surface area contributed by atoms with Crippen molar-refractivity contribution < 1.29 is 4.57 Å². The monoisotopic (exact) mass is 361 g/mol. The Hall–Kier alpha value is -0.890. The van der Waals surface area contributed by atoms with Crippen LogP contribution in [-0.2, 0) is 25.8 Å². The molecule has 26 heavy (non-hydrogen) atoms. The molecule has 0 spiro atoms. The molecule has 0 fully saturated rings. The third-order valence-corrected chi connectivity index (χ3v) is 5.37. The van der Waals surface area contributed by atoms with Gasteiger partial charge in [0.15, 0.2) is 12.4 Å². The highest BCUT2D eigenvalue weighted by Crippen LogP contribution is 2.20. The van der Waals surface area contributed by atoms with Crippen molar-refractivity contribution in [1.29, 1.82) is 0 Å². The van der Waals surface area contributed by atoms with Crippen LogP contribution in [0.5, 0.6) is 0 Å². The fraction of sp³-hybridized carbons (Fsp3) is 0.792. The lowest BCUT2D eigenvalue weighted by atomic mass is 9.93. The molecule has 0 saturated carbocycles. The molecule has 1 aromatic rings. The van der Waals surface area contributed by atoms with Gasteiger partial charge in [0.1, 0.15) is 6.54 Å². The number of nitrogens with two attached hydrogens (primary N) is 1. The van der Waals surface area contributed by atoms with E-state index in [-0.39, 0.29) is 0 Å². The topological polar surface area (TPSA) is 29.9 Å². The maximum Gasteiger partial charge on any atom is 0.172 e. The van der Waals surface area contributed by atoms with E-state index >= 15 is 0 Å². The van der Waals surface area contributed by atoms with E-state index in [1.165, 1.54) is 77.0 Å². The second-order valence-corrected chi connectivity index (χ2v) is 8.16. The number of aromatic nitrogens is 1. The third kappa shape index (κ3) is 9.16. The van der Waals surface area contributed by atoms with Crippen molar-refractivity contribution in [3.05, 3.63) is 29.1 Å². The van der Waals surface area contributed by atoms with Gasteiger partial charge >= 0.3 is 0 Å². The van der Waals surface area contributed by atoms with E-state index in [0.29, 0.717) is 6.04 Å². The molecule has 1 aromatic heterocycles. The maximum atomic E-state index is 5.90. The summed E-state index contributed by atoms with van der Waals surface area (Å²) < 4.78 is 2.49. The summed E-state index contributed by atoms with van der Waals surface area (Å²) in [5.74, 6) is 0. The Labute approximate surface area is 163 Å². The summed E-state index contributed by atoms with van der Waals surface area (Å²) in [6.07, 6.45) is 21.5. The van der Waals surface area contributed by atoms with Gasteiger partial charge in [0, 0.05) is 23.6 Å². The molecule has 1 atom stereocenters. The van der Waals surface area contributed by atoms with Crippen molar-refractivity contribution in [1.82, 2.24) is 0 Å². The highest BCUT2D eigenvalue weighted by Gasteiger charge is 2.15. The smallest absolute Gasteiger partial charge is 0.172 e. The van der Waals surface area contributed by atoms with Crippen LogP contribution in [0, 0.1) is 0 Å². The number of aryl methyl sites for hydroxylation is 3. The summed E-state index contributed by atoms with van der Waals surface area (Å²) >= 11 is 0. The van der Waals surface area contributed by atoms with Crippen molar-refractivity contribution in [3.8, 4) is 0 Å². The third-order valence-electron chi connectivity index (χ3n) is 5.37. The zero-order valence-corrected chi connectivity index (χ0v) is 18.2. The molecular weight excluding hydrogens is 316 g/mol. The minimum absolute atomic E-state index is 0.334. The van der Waals surface area contributed by atoms with Crippen molar-refractivity contribution in [3.63, 3.8) is 0 Å². The molecule has 2 heteroatoms. The molecule has 2 nitrogen and oxygen atoms in total. The molecule has 0 aromatic carbocycles. The Morgan fingerprint density at radius 2 is 1.35 bits per heavy atom. The van der Waals surface area contributed by atoms with Crippen LogP contribution < -0.4 is 10.3 Å². The predicted octanol–water partition coefficient (Wildman–Crippen LogP) is 5.91. The first kappa shape index (κ1) is 23.1. The molecule has 150 valence electrons. The zero-order valence-electron chi connectivity index (χ0n) is 18.2. The van der Waals surface area contributed by atoms with Gasteiger partial charge in [-0.05, 0) is 63.9 Å². The zero-order chi connectivity index (χ0) is 19.2. The van der Waals surface area contributed by atoms with Crippen LogP contribution in [0.2, 0.25) is 0 Å². The van der Waals surface area contributed by atoms with Gasteiger partial charge in [0.2, 0.25) is 0 Å². The van der Waals surface area contributed by atoms with Crippen LogP contribution in [0.25, 0.3) is 0 Å². The lowest BCUT2D eigenvalue weighted by Gasteiger charge is -2.14. The van der Waals surface area contributed by atoms with Crippen molar-refractivity contribution in [2.75, 3.05) is 0 Å². The summed E-state index contributed by atoms with van der Waals surface area (Å²) in [5.41, 5.74) is 10.8. The van der Waals surface area contributed by atoms with Gasteiger partial charge in [-0.25, -0.2) is 4.57 Å². The largest absolute Gasteiger partial charge is 0.328 e.